The lowest BCUT2D eigenvalue weighted by molar-refractivity contribution is 0.0531. The highest BCUT2D eigenvalue weighted by Gasteiger charge is 2.22. The smallest absolute Gasteiger partial charge is 0.348 e. The van der Waals surface area contributed by atoms with E-state index >= 15 is 0 Å². The Hall–Kier alpha value is -2.15. The Morgan fingerprint density at radius 1 is 1.46 bits per heavy atom. The number of halogens is 1. The van der Waals surface area contributed by atoms with Crippen molar-refractivity contribution in [2.24, 2.45) is 0 Å². The molecule has 1 aromatic carbocycles. The van der Waals surface area contributed by atoms with Gasteiger partial charge in [0.25, 0.3) is 5.56 Å². The molecule has 0 bridgehead atoms. The van der Waals surface area contributed by atoms with E-state index in [0.717, 1.165) is 21.4 Å². The van der Waals surface area contributed by atoms with Crippen LogP contribution in [-0.4, -0.2) is 27.9 Å². The number of rotatable bonds is 6. The number of aryl methyl sites for hydroxylation is 1. The van der Waals surface area contributed by atoms with Crippen LogP contribution in [0.3, 0.4) is 0 Å². The Morgan fingerprint density at radius 2 is 2.25 bits per heavy atom. The molecule has 0 amide bonds. The van der Waals surface area contributed by atoms with Crippen LogP contribution >= 0.6 is 39.0 Å². The number of aromatic nitrogens is 2. The average Bonchev–Trinajstić information content (AvgIpc) is 2.99. The summed E-state index contributed by atoms with van der Waals surface area (Å²) < 4.78 is 7.56. The number of benzene rings is 1. The van der Waals surface area contributed by atoms with Crippen molar-refractivity contribution >= 4 is 55.2 Å². The lowest BCUT2D eigenvalue weighted by Gasteiger charge is -2.11. The van der Waals surface area contributed by atoms with Gasteiger partial charge in [-0.25, -0.2) is 9.78 Å². The van der Waals surface area contributed by atoms with Crippen LogP contribution in [0.25, 0.3) is 10.2 Å². The quantitative estimate of drug-likeness (QED) is 0.297. The molecule has 3 rings (SSSR count). The van der Waals surface area contributed by atoms with E-state index in [4.69, 9.17) is 10.00 Å². The molecule has 6 nitrogen and oxygen atoms in total. The number of esters is 1. The van der Waals surface area contributed by atoms with Gasteiger partial charge in [-0.2, -0.15) is 5.26 Å². The van der Waals surface area contributed by atoms with Gasteiger partial charge in [0.1, 0.15) is 9.71 Å². The molecule has 0 saturated heterocycles. The van der Waals surface area contributed by atoms with Gasteiger partial charge in [-0.3, -0.25) is 9.36 Å². The first-order valence-corrected chi connectivity index (χ1v) is 11.0. The Labute approximate surface area is 178 Å². The van der Waals surface area contributed by atoms with Crippen LogP contribution < -0.4 is 5.56 Å². The number of nitriles is 1. The first-order chi connectivity index (χ1) is 13.5. The van der Waals surface area contributed by atoms with Gasteiger partial charge in [0.2, 0.25) is 0 Å². The molecule has 0 N–H and O–H groups in total. The lowest BCUT2D eigenvalue weighted by atomic mass is 10.2. The monoisotopic (exact) mass is 477 g/mol. The number of thioether (sulfide) groups is 1. The largest absolute Gasteiger partial charge is 0.462 e. The minimum atomic E-state index is -0.452. The number of fused-ring (bicyclic) bond motifs is 1. The number of thiophene rings is 1. The molecule has 0 fully saturated rings. The zero-order valence-electron chi connectivity index (χ0n) is 15.2. The number of ether oxygens (including phenoxy) is 1. The van der Waals surface area contributed by atoms with Crippen LogP contribution in [0.2, 0.25) is 0 Å². The topological polar surface area (TPSA) is 85.0 Å². The van der Waals surface area contributed by atoms with Gasteiger partial charge in [-0.05, 0) is 37.1 Å². The summed E-state index contributed by atoms with van der Waals surface area (Å²) in [4.78, 5) is 31.0. The summed E-state index contributed by atoms with van der Waals surface area (Å²) in [5.74, 6) is -0.280. The van der Waals surface area contributed by atoms with E-state index in [1.54, 1.807) is 18.4 Å². The highest BCUT2D eigenvalue weighted by molar-refractivity contribution is 9.10. The number of carbonyl (C=O) groups excluding carboxylic acids is 1. The molecule has 0 atom stereocenters. The molecule has 9 heteroatoms. The van der Waals surface area contributed by atoms with Crippen molar-refractivity contribution in [3.63, 3.8) is 0 Å². The highest BCUT2D eigenvalue weighted by Crippen LogP contribution is 2.30. The molecule has 0 aliphatic carbocycles. The summed E-state index contributed by atoms with van der Waals surface area (Å²) in [7, 11) is 0. The Bertz CT molecular complexity index is 1150. The first kappa shape index (κ1) is 20.6. The van der Waals surface area contributed by atoms with Crippen molar-refractivity contribution in [1.29, 1.82) is 5.26 Å². The predicted molar refractivity (Wildman–Crippen MR) is 114 cm³/mol. The molecule has 0 saturated carbocycles. The second-order valence-electron chi connectivity index (χ2n) is 5.82. The second-order valence-corrected chi connectivity index (χ2v) is 8.68. The molecule has 28 heavy (non-hydrogen) atoms. The number of carbonyl (C=O) groups is 1. The van der Waals surface area contributed by atoms with Crippen molar-refractivity contribution in [3.05, 3.63) is 55.1 Å². The van der Waals surface area contributed by atoms with E-state index in [-0.39, 0.29) is 17.9 Å². The molecule has 0 spiro atoms. The molecule has 3 aromatic rings. The van der Waals surface area contributed by atoms with Crippen molar-refractivity contribution in [2.75, 3.05) is 12.4 Å². The molecule has 0 aliphatic rings. The van der Waals surface area contributed by atoms with Gasteiger partial charge in [-0.15, -0.1) is 11.3 Å². The van der Waals surface area contributed by atoms with Crippen LogP contribution in [0, 0.1) is 18.3 Å². The van der Waals surface area contributed by atoms with E-state index in [0.29, 0.717) is 32.4 Å². The second kappa shape index (κ2) is 8.90. The maximum atomic E-state index is 13.3. The van der Waals surface area contributed by atoms with Gasteiger partial charge in [-0.1, -0.05) is 39.8 Å². The fourth-order valence-electron chi connectivity index (χ4n) is 2.75. The van der Waals surface area contributed by atoms with E-state index < -0.39 is 5.97 Å². The summed E-state index contributed by atoms with van der Waals surface area (Å²) in [6.07, 6.45) is 0. The maximum Gasteiger partial charge on any atom is 0.348 e. The summed E-state index contributed by atoms with van der Waals surface area (Å²) in [5.41, 5.74) is 1.28. The summed E-state index contributed by atoms with van der Waals surface area (Å²) in [6, 6.07) is 9.72. The van der Waals surface area contributed by atoms with Crippen molar-refractivity contribution in [2.45, 2.75) is 25.5 Å². The minimum Gasteiger partial charge on any atom is -0.462 e. The third-order valence-corrected chi connectivity index (χ3v) is 6.47. The summed E-state index contributed by atoms with van der Waals surface area (Å²) in [6.45, 7) is 4.05. The minimum absolute atomic E-state index is 0.172. The third kappa shape index (κ3) is 4.14. The van der Waals surface area contributed by atoms with Crippen LogP contribution in [0.15, 0.2) is 38.7 Å². The first-order valence-electron chi connectivity index (χ1n) is 8.41. The van der Waals surface area contributed by atoms with Gasteiger partial charge in [0, 0.05) is 4.47 Å². The molecular formula is C19H16BrN3O3S2. The van der Waals surface area contributed by atoms with E-state index in [1.807, 2.05) is 24.3 Å². The maximum absolute atomic E-state index is 13.3. The van der Waals surface area contributed by atoms with Crippen molar-refractivity contribution < 1.29 is 9.53 Å². The normalized spacial score (nSPS) is 10.8. The van der Waals surface area contributed by atoms with Gasteiger partial charge in [0.15, 0.2) is 5.16 Å². The fraction of sp³-hybridized carbons (Fsp3) is 0.263. The Kier molecular flexibility index (Phi) is 6.54. The Balaban J connectivity index is 2.18. The summed E-state index contributed by atoms with van der Waals surface area (Å²) >= 11 is 5.79. The third-order valence-electron chi connectivity index (χ3n) is 3.97. The van der Waals surface area contributed by atoms with Gasteiger partial charge >= 0.3 is 5.97 Å². The molecule has 0 aliphatic heterocycles. The van der Waals surface area contributed by atoms with Crippen LogP contribution in [0.1, 0.15) is 27.7 Å². The lowest BCUT2D eigenvalue weighted by Crippen LogP contribution is -2.24. The molecule has 0 radical (unpaired) electrons. The molecule has 2 aromatic heterocycles. The molecular weight excluding hydrogens is 462 g/mol. The molecule has 2 heterocycles. The molecule has 0 unspecified atom stereocenters. The van der Waals surface area contributed by atoms with Crippen molar-refractivity contribution in [1.82, 2.24) is 9.55 Å². The van der Waals surface area contributed by atoms with Crippen LogP contribution in [0.5, 0.6) is 0 Å². The van der Waals surface area contributed by atoms with Crippen LogP contribution in [-0.2, 0) is 11.3 Å². The Morgan fingerprint density at radius 3 is 2.93 bits per heavy atom. The number of hydrogen-bond acceptors (Lipinski definition) is 7. The number of nitrogens with zero attached hydrogens (tertiary/aromatic N) is 3. The zero-order valence-corrected chi connectivity index (χ0v) is 18.4. The molecule has 144 valence electrons. The van der Waals surface area contributed by atoms with E-state index in [9.17, 15) is 9.59 Å². The fourth-order valence-corrected chi connectivity index (χ4v) is 4.98. The predicted octanol–water partition coefficient (Wildman–Crippen LogP) is 4.37. The summed E-state index contributed by atoms with van der Waals surface area (Å²) in [5, 5.41) is 9.83. The van der Waals surface area contributed by atoms with E-state index in [2.05, 4.69) is 27.0 Å². The van der Waals surface area contributed by atoms with Gasteiger partial charge in [0.05, 0.1) is 30.4 Å². The van der Waals surface area contributed by atoms with Crippen molar-refractivity contribution in [3.8, 4) is 6.07 Å². The van der Waals surface area contributed by atoms with E-state index in [1.165, 1.54) is 11.8 Å². The zero-order chi connectivity index (χ0) is 20.3. The SMILES string of the molecule is CCOC(=O)c1sc2nc(SCC#N)n(Cc3cccc(Br)c3)c(=O)c2c1C. The number of hydrogen-bond donors (Lipinski definition) is 0. The highest BCUT2D eigenvalue weighted by atomic mass is 79.9. The van der Waals surface area contributed by atoms with Crippen LogP contribution in [0.4, 0.5) is 0 Å². The van der Waals surface area contributed by atoms with Gasteiger partial charge < -0.3 is 4.74 Å². The average molecular weight is 478 g/mol. The standard InChI is InChI=1S/C19H16BrN3O3S2/c1-3-26-18(25)15-11(2)14-16(28-15)22-19(27-8-7-21)23(17(14)24)10-12-5-4-6-13(20)9-12/h4-6,9H,3,8,10H2,1-2H3.